The normalized spacial score (nSPS) is 32.7. The summed E-state index contributed by atoms with van der Waals surface area (Å²) in [4.78, 5) is 4.77. The van der Waals surface area contributed by atoms with Gasteiger partial charge in [0.1, 0.15) is 0 Å². The summed E-state index contributed by atoms with van der Waals surface area (Å²) in [5, 5.41) is 0. The average Bonchev–Trinajstić information content (AvgIpc) is 2.50. The standard InChI is InChI=1S/C6H14N2O/c1-2-3-4-5-6(7)8-9-6/h8H,2-5,7H2,1H3. The van der Waals surface area contributed by atoms with Gasteiger partial charge in [-0.3, -0.25) is 10.6 Å². The van der Waals surface area contributed by atoms with E-state index in [1.54, 1.807) is 0 Å². The van der Waals surface area contributed by atoms with E-state index in [1.807, 2.05) is 0 Å². The van der Waals surface area contributed by atoms with Crippen molar-refractivity contribution in [2.45, 2.75) is 38.5 Å². The molecule has 1 aliphatic rings. The molecule has 9 heavy (non-hydrogen) atoms. The maximum Gasteiger partial charge on any atom is 0.212 e. The Kier molecular flexibility index (Phi) is 2.05. The van der Waals surface area contributed by atoms with Crippen LogP contribution >= 0.6 is 0 Å². The Hall–Kier alpha value is -0.120. The van der Waals surface area contributed by atoms with Crippen molar-refractivity contribution in [3.8, 4) is 0 Å². The molecule has 0 bridgehead atoms. The lowest BCUT2D eigenvalue weighted by Crippen LogP contribution is -2.26. The molecule has 0 spiro atoms. The summed E-state index contributed by atoms with van der Waals surface area (Å²) in [7, 11) is 0. The number of hydrogen-bond acceptors (Lipinski definition) is 3. The highest BCUT2D eigenvalue weighted by molar-refractivity contribution is 4.74. The second kappa shape index (κ2) is 2.64. The monoisotopic (exact) mass is 130 g/mol. The van der Waals surface area contributed by atoms with Crippen LogP contribution in [0.15, 0.2) is 0 Å². The van der Waals surface area contributed by atoms with Crippen LogP contribution < -0.4 is 11.2 Å². The highest BCUT2D eigenvalue weighted by Gasteiger charge is 2.39. The van der Waals surface area contributed by atoms with Gasteiger partial charge in [0.2, 0.25) is 5.85 Å². The lowest BCUT2D eigenvalue weighted by atomic mass is 10.2. The first-order chi connectivity index (χ1) is 4.27. The molecule has 1 unspecified atom stereocenters. The summed E-state index contributed by atoms with van der Waals surface area (Å²) in [6, 6.07) is 0. The Morgan fingerprint density at radius 3 is 2.67 bits per heavy atom. The van der Waals surface area contributed by atoms with Gasteiger partial charge in [0, 0.05) is 6.42 Å². The van der Waals surface area contributed by atoms with Crippen LogP contribution in [0.1, 0.15) is 32.6 Å². The maximum atomic E-state index is 5.55. The van der Waals surface area contributed by atoms with Crippen LogP contribution in [0.2, 0.25) is 0 Å². The molecule has 0 saturated carbocycles. The topological polar surface area (TPSA) is 60.5 Å². The third kappa shape index (κ3) is 2.30. The molecule has 1 fully saturated rings. The first kappa shape index (κ1) is 6.99. The van der Waals surface area contributed by atoms with Crippen LogP contribution in [0.5, 0.6) is 0 Å². The highest BCUT2D eigenvalue weighted by Crippen LogP contribution is 2.19. The molecular formula is C6H14N2O. The molecular weight excluding hydrogens is 116 g/mol. The lowest BCUT2D eigenvalue weighted by Gasteiger charge is -1.99. The van der Waals surface area contributed by atoms with E-state index in [4.69, 9.17) is 10.6 Å². The number of nitrogens with two attached hydrogens (primary N) is 1. The fourth-order valence-electron chi connectivity index (χ4n) is 0.805. The van der Waals surface area contributed by atoms with E-state index < -0.39 is 5.85 Å². The van der Waals surface area contributed by atoms with E-state index in [-0.39, 0.29) is 0 Å². The summed E-state index contributed by atoms with van der Waals surface area (Å²) < 4.78 is 0. The van der Waals surface area contributed by atoms with E-state index in [0.29, 0.717) is 0 Å². The summed E-state index contributed by atoms with van der Waals surface area (Å²) >= 11 is 0. The van der Waals surface area contributed by atoms with Gasteiger partial charge in [-0.15, -0.1) is 0 Å². The summed E-state index contributed by atoms with van der Waals surface area (Å²) in [5.41, 5.74) is 8.20. The molecule has 1 aliphatic heterocycles. The molecule has 0 aromatic heterocycles. The van der Waals surface area contributed by atoms with E-state index >= 15 is 0 Å². The third-order valence-electron chi connectivity index (χ3n) is 1.52. The minimum Gasteiger partial charge on any atom is -0.288 e. The van der Waals surface area contributed by atoms with Gasteiger partial charge in [-0.1, -0.05) is 19.8 Å². The van der Waals surface area contributed by atoms with Gasteiger partial charge in [-0.05, 0) is 6.42 Å². The van der Waals surface area contributed by atoms with E-state index in [9.17, 15) is 0 Å². The van der Waals surface area contributed by atoms with Crippen molar-refractivity contribution in [3.05, 3.63) is 0 Å². The van der Waals surface area contributed by atoms with E-state index in [0.717, 1.165) is 12.8 Å². The van der Waals surface area contributed by atoms with Crippen molar-refractivity contribution >= 4 is 0 Å². The van der Waals surface area contributed by atoms with E-state index in [2.05, 4.69) is 12.4 Å². The van der Waals surface area contributed by atoms with E-state index in [1.165, 1.54) is 12.8 Å². The fourth-order valence-corrected chi connectivity index (χ4v) is 0.805. The van der Waals surface area contributed by atoms with Crippen LogP contribution in [-0.4, -0.2) is 5.85 Å². The smallest absolute Gasteiger partial charge is 0.212 e. The Morgan fingerprint density at radius 2 is 2.22 bits per heavy atom. The molecule has 3 nitrogen and oxygen atoms in total. The highest BCUT2D eigenvalue weighted by atomic mass is 16.8. The minimum absolute atomic E-state index is 0.449. The molecule has 1 atom stereocenters. The second-order valence-corrected chi connectivity index (χ2v) is 2.55. The number of hydroxylamine groups is 1. The SMILES string of the molecule is CCCCCC1(N)NO1. The Morgan fingerprint density at radius 1 is 1.56 bits per heavy atom. The molecule has 0 aliphatic carbocycles. The van der Waals surface area contributed by atoms with Crippen molar-refractivity contribution in [3.63, 3.8) is 0 Å². The van der Waals surface area contributed by atoms with Crippen molar-refractivity contribution in [2.75, 3.05) is 0 Å². The summed E-state index contributed by atoms with van der Waals surface area (Å²) in [6.45, 7) is 2.17. The van der Waals surface area contributed by atoms with Gasteiger partial charge in [-0.2, -0.15) is 5.48 Å². The largest absolute Gasteiger partial charge is 0.288 e. The van der Waals surface area contributed by atoms with Crippen molar-refractivity contribution in [1.29, 1.82) is 0 Å². The fraction of sp³-hybridized carbons (Fsp3) is 1.00. The number of rotatable bonds is 4. The predicted octanol–water partition coefficient (Wildman–Crippen LogP) is 0.714. The quantitative estimate of drug-likeness (QED) is 0.435. The van der Waals surface area contributed by atoms with Gasteiger partial charge in [-0.25, -0.2) is 0 Å². The summed E-state index contributed by atoms with van der Waals surface area (Å²) in [5.74, 6) is -0.449. The van der Waals surface area contributed by atoms with Crippen LogP contribution in [0, 0.1) is 0 Å². The molecule has 1 heterocycles. The molecule has 3 heteroatoms. The van der Waals surface area contributed by atoms with Crippen LogP contribution in [-0.2, 0) is 4.84 Å². The van der Waals surface area contributed by atoms with Gasteiger partial charge in [0.25, 0.3) is 0 Å². The molecule has 54 valence electrons. The van der Waals surface area contributed by atoms with Crippen molar-refractivity contribution in [1.82, 2.24) is 5.48 Å². The number of nitrogens with one attached hydrogen (secondary N) is 1. The van der Waals surface area contributed by atoms with Crippen LogP contribution in [0.3, 0.4) is 0 Å². The molecule has 1 rings (SSSR count). The average molecular weight is 130 g/mol. The van der Waals surface area contributed by atoms with Crippen molar-refractivity contribution in [2.24, 2.45) is 5.73 Å². The minimum atomic E-state index is -0.449. The zero-order valence-electron chi connectivity index (χ0n) is 5.81. The predicted molar refractivity (Wildman–Crippen MR) is 35.3 cm³/mol. The first-order valence-electron chi connectivity index (χ1n) is 3.51. The Balaban J connectivity index is 1.92. The van der Waals surface area contributed by atoms with Gasteiger partial charge >= 0.3 is 0 Å². The Bertz CT molecular complexity index is 91.1. The van der Waals surface area contributed by atoms with Crippen molar-refractivity contribution < 1.29 is 4.84 Å². The molecule has 0 aromatic rings. The van der Waals surface area contributed by atoms with Crippen LogP contribution in [0.4, 0.5) is 0 Å². The summed E-state index contributed by atoms with van der Waals surface area (Å²) in [6.07, 6.45) is 4.56. The third-order valence-corrected chi connectivity index (χ3v) is 1.52. The second-order valence-electron chi connectivity index (χ2n) is 2.55. The van der Waals surface area contributed by atoms with Gasteiger partial charge < -0.3 is 0 Å². The molecule has 0 radical (unpaired) electrons. The van der Waals surface area contributed by atoms with Crippen LogP contribution in [0.25, 0.3) is 0 Å². The first-order valence-corrected chi connectivity index (χ1v) is 3.51. The number of unbranched alkanes of at least 4 members (excludes halogenated alkanes) is 2. The van der Waals surface area contributed by atoms with Gasteiger partial charge in [0.05, 0.1) is 0 Å². The molecule has 0 amide bonds. The zero-order chi connectivity index (χ0) is 6.74. The molecule has 0 aromatic carbocycles. The molecule has 3 N–H and O–H groups in total. The zero-order valence-corrected chi connectivity index (χ0v) is 5.81. The Labute approximate surface area is 55.5 Å². The maximum absolute atomic E-state index is 5.55. The lowest BCUT2D eigenvalue weighted by molar-refractivity contribution is 0.279. The van der Waals surface area contributed by atoms with Gasteiger partial charge in [0.15, 0.2) is 0 Å². The molecule has 1 saturated heterocycles. The number of hydrogen-bond donors (Lipinski definition) is 2.